The second-order valence-electron chi connectivity index (χ2n) is 5.48. The molecule has 0 fully saturated rings. The largest absolute Gasteiger partial charge is 0.186 e. The van der Waals surface area contributed by atoms with Gasteiger partial charge in [-0.05, 0) is 54.1 Å². The van der Waals surface area contributed by atoms with Crippen LogP contribution < -0.4 is 0 Å². The molecule has 17 heavy (non-hydrogen) atoms. The average Bonchev–Trinajstić information content (AvgIpc) is 2.27. The third-order valence-corrected chi connectivity index (χ3v) is 3.45. The second-order valence-corrected chi connectivity index (χ2v) is 9.36. The van der Waals surface area contributed by atoms with Crippen LogP contribution in [0.15, 0.2) is 24.3 Å². The van der Waals surface area contributed by atoms with Crippen LogP contribution in [-0.4, -0.2) is 18.8 Å². The minimum atomic E-state index is -0.717. The van der Waals surface area contributed by atoms with Crippen LogP contribution >= 0.6 is 10.0 Å². The molecular formula is C16H24S. The van der Waals surface area contributed by atoms with Gasteiger partial charge in [0.1, 0.15) is 0 Å². The Hall–Kier alpha value is -0.870. The molecule has 1 aromatic rings. The minimum Gasteiger partial charge on any atom is -0.186 e. The highest BCUT2D eigenvalue weighted by Gasteiger charge is 2.01. The van der Waals surface area contributed by atoms with Crippen LogP contribution in [0.1, 0.15) is 31.4 Å². The van der Waals surface area contributed by atoms with Gasteiger partial charge < -0.3 is 0 Å². The van der Waals surface area contributed by atoms with E-state index in [2.05, 4.69) is 68.1 Å². The molecule has 0 bridgehead atoms. The van der Waals surface area contributed by atoms with Crippen molar-refractivity contribution in [1.82, 2.24) is 0 Å². The lowest BCUT2D eigenvalue weighted by Gasteiger charge is -2.14. The summed E-state index contributed by atoms with van der Waals surface area (Å²) < 4.78 is 0. The molecule has 0 spiro atoms. The summed E-state index contributed by atoms with van der Waals surface area (Å²) in [6.45, 7) is 4.55. The Morgan fingerprint density at radius 1 is 1.12 bits per heavy atom. The van der Waals surface area contributed by atoms with Crippen LogP contribution in [0.5, 0.6) is 0 Å². The fourth-order valence-electron chi connectivity index (χ4n) is 1.48. The molecule has 1 unspecified atom stereocenters. The molecule has 94 valence electrons. The molecule has 0 aliphatic heterocycles. The summed E-state index contributed by atoms with van der Waals surface area (Å²) in [5.41, 5.74) is 2.56. The third-order valence-electron chi connectivity index (χ3n) is 2.74. The lowest BCUT2D eigenvalue weighted by molar-refractivity contribution is 0.560. The minimum absolute atomic E-state index is 0.717. The standard InChI is InChI=1S/C16H24S/c1-6-14(2)13-16-9-7-15(8-10-16)11-12-17(3,4)5/h7-10,14H,6,13H2,1-5H3. The summed E-state index contributed by atoms with van der Waals surface area (Å²) in [6, 6.07) is 8.73. The molecule has 1 rings (SSSR count). The highest BCUT2D eigenvalue weighted by atomic mass is 32.3. The molecule has 0 aliphatic rings. The van der Waals surface area contributed by atoms with Crippen LogP contribution in [0, 0.1) is 17.1 Å². The zero-order chi connectivity index (χ0) is 12.9. The predicted octanol–water partition coefficient (Wildman–Crippen LogP) is 4.28. The SMILES string of the molecule is CCC(C)Cc1ccc(C#CS(C)(C)C)cc1. The van der Waals surface area contributed by atoms with E-state index in [1.54, 1.807) is 0 Å². The van der Waals surface area contributed by atoms with Crippen molar-refractivity contribution in [3.8, 4) is 11.2 Å². The molecular weight excluding hydrogens is 224 g/mol. The van der Waals surface area contributed by atoms with E-state index in [0.29, 0.717) is 0 Å². The number of rotatable bonds is 3. The van der Waals surface area contributed by atoms with Crippen molar-refractivity contribution >= 4 is 10.0 Å². The first-order valence-electron chi connectivity index (χ1n) is 6.20. The molecule has 0 saturated heterocycles. The maximum atomic E-state index is 3.34. The first-order valence-corrected chi connectivity index (χ1v) is 9.06. The summed E-state index contributed by atoms with van der Waals surface area (Å²) >= 11 is 0. The summed E-state index contributed by atoms with van der Waals surface area (Å²) in [5.74, 6) is 4.04. The Labute approximate surface area is 108 Å². The smallest absolute Gasteiger partial charge is 0.0253 e. The average molecular weight is 248 g/mol. The number of hydrogen-bond donors (Lipinski definition) is 0. The van der Waals surface area contributed by atoms with Crippen molar-refractivity contribution < 1.29 is 0 Å². The van der Waals surface area contributed by atoms with Gasteiger partial charge in [0.15, 0.2) is 0 Å². The topological polar surface area (TPSA) is 0 Å². The first-order chi connectivity index (χ1) is 7.90. The Morgan fingerprint density at radius 3 is 2.18 bits per heavy atom. The van der Waals surface area contributed by atoms with Crippen LogP contribution in [0.3, 0.4) is 0 Å². The molecule has 1 atom stereocenters. The van der Waals surface area contributed by atoms with Gasteiger partial charge in [0, 0.05) is 5.56 Å². The zero-order valence-electron chi connectivity index (χ0n) is 11.7. The van der Waals surface area contributed by atoms with Gasteiger partial charge in [-0.1, -0.05) is 38.3 Å². The van der Waals surface area contributed by atoms with E-state index in [1.165, 1.54) is 18.4 Å². The first kappa shape index (κ1) is 14.2. The summed E-state index contributed by atoms with van der Waals surface area (Å²) in [6.07, 6.45) is 9.08. The molecule has 0 amide bonds. The predicted molar refractivity (Wildman–Crippen MR) is 81.8 cm³/mol. The Bertz CT molecular complexity index is 398. The Morgan fingerprint density at radius 2 is 1.71 bits per heavy atom. The van der Waals surface area contributed by atoms with E-state index >= 15 is 0 Å². The zero-order valence-corrected chi connectivity index (χ0v) is 12.5. The fraction of sp³-hybridized carbons (Fsp3) is 0.500. The maximum Gasteiger partial charge on any atom is 0.0253 e. The van der Waals surface area contributed by atoms with E-state index in [1.807, 2.05) is 0 Å². The van der Waals surface area contributed by atoms with Crippen molar-refractivity contribution in [1.29, 1.82) is 0 Å². The van der Waals surface area contributed by atoms with Gasteiger partial charge in [-0.2, -0.15) is 10.0 Å². The molecule has 0 radical (unpaired) electrons. The van der Waals surface area contributed by atoms with Gasteiger partial charge in [-0.25, -0.2) is 0 Å². The van der Waals surface area contributed by atoms with Gasteiger partial charge in [-0.3, -0.25) is 0 Å². The molecule has 0 nitrogen and oxygen atoms in total. The monoisotopic (exact) mass is 248 g/mol. The molecule has 0 heterocycles. The van der Waals surface area contributed by atoms with Gasteiger partial charge in [0.2, 0.25) is 0 Å². The number of benzene rings is 1. The highest BCUT2D eigenvalue weighted by molar-refractivity contribution is 8.35. The number of hydrogen-bond acceptors (Lipinski definition) is 0. The molecule has 0 saturated carbocycles. The quantitative estimate of drug-likeness (QED) is 0.700. The van der Waals surface area contributed by atoms with Gasteiger partial charge in [0.25, 0.3) is 0 Å². The van der Waals surface area contributed by atoms with Crippen LogP contribution in [0.25, 0.3) is 0 Å². The summed E-state index contributed by atoms with van der Waals surface area (Å²) in [5, 5.41) is 3.34. The van der Waals surface area contributed by atoms with Gasteiger partial charge in [-0.15, -0.1) is 0 Å². The van der Waals surface area contributed by atoms with E-state index in [0.717, 1.165) is 11.5 Å². The Balaban J connectivity index is 2.71. The highest BCUT2D eigenvalue weighted by Crippen LogP contribution is 2.32. The van der Waals surface area contributed by atoms with Crippen molar-refractivity contribution in [3.05, 3.63) is 35.4 Å². The molecule has 1 heteroatoms. The Kier molecular flexibility index (Phi) is 5.15. The molecule has 0 aromatic heterocycles. The summed E-state index contributed by atoms with van der Waals surface area (Å²) in [7, 11) is -0.717. The normalized spacial score (nSPS) is 13.7. The van der Waals surface area contributed by atoms with E-state index < -0.39 is 10.0 Å². The van der Waals surface area contributed by atoms with Crippen molar-refractivity contribution in [2.45, 2.75) is 26.7 Å². The van der Waals surface area contributed by atoms with Crippen LogP contribution in [0.4, 0.5) is 0 Å². The fourth-order valence-corrected chi connectivity index (χ4v) is 1.91. The van der Waals surface area contributed by atoms with Crippen molar-refractivity contribution in [3.63, 3.8) is 0 Å². The van der Waals surface area contributed by atoms with Gasteiger partial charge in [0.05, 0.1) is 0 Å². The lowest BCUT2D eigenvalue weighted by Crippen LogP contribution is -1.97. The third kappa shape index (κ3) is 5.84. The van der Waals surface area contributed by atoms with Crippen LogP contribution in [-0.2, 0) is 6.42 Å². The van der Waals surface area contributed by atoms with Crippen LogP contribution in [0.2, 0.25) is 0 Å². The second kappa shape index (κ2) is 6.17. The van der Waals surface area contributed by atoms with E-state index in [-0.39, 0.29) is 0 Å². The van der Waals surface area contributed by atoms with E-state index in [4.69, 9.17) is 0 Å². The molecule has 0 N–H and O–H groups in total. The van der Waals surface area contributed by atoms with Gasteiger partial charge >= 0.3 is 0 Å². The molecule has 0 aliphatic carbocycles. The lowest BCUT2D eigenvalue weighted by atomic mass is 9.98. The summed E-state index contributed by atoms with van der Waals surface area (Å²) in [4.78, 5) is 0. The van der Waals surface area contributed by atoms with E-state index in [9.17, 15) is 0 Å². The molecule has 1 aromatic carbocycles. The van der Waals surface area contributed by atoms with Crippen molar-refractivity contribution in [2.24, 2.45) is 5.92 Å². The maximum absolute atomic E-state index is 3.34. The van der Waals surface area contributed by atoms with Crippen molar-refractivity contribution in [2.75, 3.05) is 18.8 Å².